The van der Waals surface area contributed by atoms with Gasteiger partial charge in [-0.15, -0.1) is 0 Å². The van der Waals surface area contributed by atoms with E-state index in [1.54, 1.807) is 31.2 Å². The van der Waals surface area contributed by atoms with Crippen LogP contribution in [-0.2, 0) is 11.2 Å². The fourth-order valence-electron chi connectivity index (χ4n) is 2.10. The SMILES string of the molecule is CCOC(=O)c1ccc(C(=O)CCc2cccc(Br)c2)cc1. The Morgan fingerprint density at radius 3 is 2.36 bits per heavy atom. The summed E-state index contributed by atoms with van der Waals surface area (Å²) in [6.07, 6.45) is 1.13. The van der Waals surface area contributed by atoms with Crippen LogP contribution < -0.4 is 0 Å². The maximum absolute atomic E-state index is 12.2. The topological polar surface area (TPSA) is 43.4 Å². The van der Waals surface area contributed by atoms with Crippen LogP contribution in [0.25, 0.3) is 0 Å². The standard InChI is InChI=1S/C18H17BrO3/c1-2-22-18(21)15-9-7-14(8-10-15)17(20)11-6-13-4-3-5-16(19)12-13/h3-5,7-10,12H,2,6,11H2,1H3. The molecule has 114 valence electrons. The van der Waals surface area contributed by atoms with Gasteiger partial charge in [-0.2, -0.15) is 0 Å². The fraction of sp³-hybridized carbons (Fsp3) is 0.222. The Morgan fingerprint density at radius 2 is 1.73 bits per heavy atom. The van der Waals surface area contributed by atoms with Crippen molar-refractivity contribution in [3.63, 3.8) is 0 Å². The van der Waals surface area contributed by atoms with E-state index in [0.29, 0.717) is 30.6 Å². The highest BCUT2D eigenvalue weighted by atomic mass is 79.9. The first-order valence-electron chi connectivity index (χ1n) is 7.15. The van der Waals surface area contributed by atoms with Crippen molar-refractivity contribution in [2.75, 3.05) is 6.61 Å². The minimum atomic E-state index is -0.365. The molecule has 0 aliphatic rings. The van der Waals surface area contributed by atoms with Gasteiger partial charge in [0.15, 0.2) is 5.78 Å². The van der Waals surface area contributed by atoms with Crippen molar-refractivity contribution in [3.8, 4) is 0 Å². The summed E-state index contributed by atoms with van der Waals surface area (Å²) < 4.78 is 5.93. The molecule has 0 aromatic heterocycles. The molecular weight excluding hydrogens is 344 g/mol. The number of ether oxygens (including phenoxy) is 1. The zero-order chi connectivity index (χ0) is 15.9. The van der Waals surface area contributed by atoms with E-state index >= 15 is 0 Å². The first-order chi connectivity index (χ1) is 10.6. The lowest BCUT2D eigenvalue weighted by molar-refractivity contribution is 0.0526. The van der Waals surface area contributed by atoms with Crippen LogP contribution in [0.4, 0.5) is 0 Å². The lowest BCUT2D eigenvalue weighted by Gasteiger charge is -2.04. The Morgan fingerprint density at radius 1 is 1.05 bits per heavy atom. The number of rotatable bonds is 6. The second-order valence-electron chi connectivity index (χ2n) is 4.85. The van der Waals surface area contributed by atoms with Crippen LogP contribution in [0.2, 0.25) is 0 Å². The second kappa shape index (κ2) is 7.90. The first kappa shape index (κ1) is 16.4. The molecule has 0 aliphatic heterocycles. The van der Waals surface area contributed by atoms with Crippen LogP contribution in [-0.4, -0.2) is 18.4 Å². The maximum atomic E-state index is 12.2. The number of halogens is 1. The highest BCUT2D eigenvalue weighted by Crippen LogP contribution is 2.15. The van der Waals surface area contributed by atoms with Crippen molar-refractivity contribution >= 4 is 27.7 Å². The Bertz CT molecular complexity index is 662. The summed E-state index contributed by atoms with van der Waals surface area (Å²) in [5.41, 5.74) is 2.19. The summed E-state index contributed by atoms with van der Waals surface area (Å²) in [5, 5.41) is 0. The van der Waals surface area contributed by atoms with Gasteiger partial charge in [0.1, 0.15) is 0 Å². The average Bonchev–Trinajstić information content (AvgIpc) is 2.53. The maximum Gasteiger partial charge on any atom is 0.338 e. The summed E-state index contributed by atoms with van der Waals surface area (Å²) in [6.45, 7) is 2.10. The van der Waals surface area contributed by atoms with Crippen LogP contribution in [0.5, 0.6) is 0 Å². The van der Waals surface area contributed by atoms with Crippen LogP contribution >= 0.6 is 15.9 Å². The predicted molar refractivity (Wildman–Crippen MR) is 89.2 cm³/mol. The molecule has 0 bridgehead atoms. The number of Topliss-reactive ketones (excluding diaryl/α,β-unsaturated/α-hetero) is 1. The molecule has 0 fully saturated rings. The summed E-state index contributed by atoms with van der Waals surface area (Å²) in [5.74, 6) is -0.300. The Labute approximate surface area is 138 Å². The summed E-state index contributed by atoms with van der Waals surface area (Å²) in [7, 11) is 0. The number of ketones is 1. The van der Waals surface area contributed by atoms with Crippen molar-refractivity contribution in [1.82, 2.24) is 0 Å². The Hall–Kier alpha value is -1.94. The largest absolute Gasteiger partial charge is 0.462 e. The van der Waals surface area contributed by atoms with Gasteiger partial charge < -0.3 is 4.74 Å². The van der Waals surface area contributed by atoms with Crippen LogP contribution in [0.15, 0.2) is 53.0 Å². The lowest BCUT2D eigenvalue weighted by Crippen LogP contribution is -2.06. The smallest absolute Gasteiger partial charge is 0.338 e. The van der Waals surface area contributed by atoms with E-state index in [2.05, 4.69) is 15.9 Å². The second-order valence-corrected chi connectivity index (χ2v) is 5.77. The Kier molecular flexibility index (Phi) is 5.90. The molecule has 4 heteroatoms. The molecule has 0 unspecified atom stereocenters. The molecule has 0 amide bonds. The van der Waals surface area contributed by atoms with E-state index in [1.807, 2.05) is 24.3 Å². The molecule has 0 radical (unpaired) electrons. The van der Waals surface area contributed by atoms with Gasteiger partial charge in [-0.1, -0.05) is 40.2 Å². The van der Waals surface area contributed by atoms with Gasteiger partial charge in [-0.05, 0) is 43.2 Å². The minimum Gasteiger partial charge on any atom is -0.462 e. The van der Waals surface area contributed by atoms with E-state index in [9.17, 15) is 9.59 Å². The molecular formula is C18H17BrO3. The summed E-state index contributed by atoms with van der Waals surface area (Å²) in [4.78, 5) is 23.7. The third-order valence-electron chi connectivity index (χ3n) is 3.25. The van der Waals surface area contributed by atoms with Crippen molar-refractivity contribution in [2.45, 2.75) is 19.8 Å². The first-order valence-corrected chi connectivity index (χ1v) is 7.94. The monoisotopic (exact) mass is 360 g/mol. The van der Waals surface area contributed by atoms with Gasteiger partial charge in [0.25, 0.3) is 0 Å². The molecule has 2 aromatic carbocycles. The van der Waals surface area contributed by atoms with Crippen LogP contribution in [0.1, 0.15) is 39.6 Å². The molecule has 22 heavy (non-hydrogen) atoms. The van der Waals surface area contributed by atoms with Gasteiger partial charge in [-0.3, -0.25) is 4.79 Å². The molecule has 2 rings (SSSR count). The lowest BCUT2D eigenvalue weighted by atomic mass is 10.0. The molecule has 0 saturated heterocycles. The molecule has 0 saturated carbocycles. The van der Waals surface area contributed by atoms with E-state index in [0.717, 1.165) is 10.0 Å². The number of aryl methyl sites for hydroxylation is 1. The molecule has 0 aliphatic carbocycles. The quantitative estimate of drug-likeness (QED) is 0.564. The molecule has 0 atom stereocenters. The Balaban J connectivity index is 1.96. The van der Waals surface area contributed by atoms with Gasteiger partial charge in [0.05, 0.1) is 12.2 Å². The number of esters is 1. The van der Waals surface area contributed by atoms with Gasteiger partial charge in [-0.25, -0.2) is 4.79 Å². The van der Waals surface area contributed by atoms with Crippen LogP contribution in [0.3, 0.4) is 0 Å². The molecule has 0 heterocycles. The highest BCUT2D eigenvalue weighted by molar-refractivity contribution is 9.10. The zero-order valence-corrected chi connectivity index (χ0v) is 13.9. The summed E-state index contributed by atoms with van der Waals surface area (Å²) >= 11 is 3.42. The number of hydrogen-bond acceptors (Lipinski definition) is 3. The third-order valence-corrected chi connectivity index (χ3v) is 3.74. The third kappa shape index (κ3) is 4.53. The molecule has 0 spiro atoms. The number of carbonyl (C=O) groups is 2. The average molecular weight is 361 g/mol. The van der Waals surface area contributed by atoms with Gasteiger partial charge in [0.2, 0.25) is 0 Å². The van der Waals surface area contributed by atoms with Gasteiger partial charge >= 0.3 is 5.97 Å². The predicted octanol–water partition coefficient (Wildman–Crippen LogP) is 4.44. The fourth-order valence-corrected chi connectivity index (χ4v) is 2.55. The molecule has 0 N–H and O–H groups in total. The van der Waals surface area contributed by atoms with E-state index in [4.69, 9.17) is 4.74 Å². The van der Waals surface area contributed by atoms with Crippen molar-refractivity contribution in [2.24, 2.45) is 0 Å². The van der Waals surface area contributed by atoms with Crippen molar-refractivity contribution < 1.29 is 14.3 Å². The minimum absolute atomic E-state index is 0.0652. The van der Waals surface area contributed by atoms with E-state index in [1.165, 1.54) is 0 Å². The number of carbonyl (C=O) groups excluding carboxylic acids is 2. The molecule has 3 nitrogen and oxygen atoms in total. The zero-order valence-electron chi connectivity index (χ0n) is 12.3. The van der Waals surface area contributed by atoms with E-state index in [-0.39, 0.29) is 11.8 Å². The van der Waals surface area contributed by atoms with Gasteiger partial charge in [0, 0.05) is 16.5 Å². The molecule has 2 aromatic rings. The number of hydrogen-bond donors (Lipinski definition) is 0. The normalized spacial score (nSPS) is 10.3. The van der Waals surface area contributed by atoms with Crippen LogP contribution in [0, 0.1) is 0 Å². The highest BCUT2D eigenvalue weighted by Gasteiger charge is 2.09. The van der Waals surface area contributed by atoms with E-state index < -0.39 is 0 Å². The number of benzene rings is 2. The van der Waals surface area contributed by atoms with Crippen molar-refractivity contribution in [1.29, 1.82) is 0 Å². The van der Waals surface area contributed by atoms with Crippen molar-refractivity contribution in [3.05, 3.63) is 69.7 Å². The summed E-state index contributed by atoms with van der Waals surface area (Å²) in [6, 6.07) is 14.5.